The zero-order chi connectivity index (χ0) is 29.1. The van der Waals surface area contributed by atoms with Crippen molar-refractivity contribution in [2.45, 2.75) is 50.2 Å². The summed E-state index contributed by atoms with van der Waals surface area (Å²) in [6, 6.07) is 7.97. The molecule has 212 valence electrons. The fourth-order valence-corrected chi connectivity index (χ4v) is 3.89. The molecule has 1 unspecified atom stereocenters. The third kappa shape index (κ3) is 5.95. The Morgan fingerprint density at radius 3 is 2.42 bits per heavy atom. The lowest BCUT2D eigenvalue weighted by molar-refractivity contribution is -0.384. The van der Waals surface area contributed by atoms with Gasteiger partial charge >= 0.3 is 18.0 Å². The summed E-state index contributed by atoms with van der Waals surface area (Å²) in [5.74, 6) is -4.14. The summed E-state index contributed by atoms with van der Waals surface area (Å²) < 4.78 is 95.7. The lowest BCUT2D eigenvalue weighted by atomic mass is 9.95. The first kappa shape index (κ1) is 28.7. The van der Waals surface area contributed by atoms with E-state index in [4.69, 9.17) is 9.15 Å². The number of aromatic nitrogens is 3. The van der Waals surface area contributed by atoms with Crippen LogP contribution in [0.4, 0.5) is 37.8 Å². The van der Waals surface area contributed by atoms with Crippen LogP contribution in [0.1, 0.15) is 42.7 Å². The number of fused-ring (bicyclic) bond motifs is 5. The number of rotatable bonds is 4. The maximum absolute atomic E-state index is 14.7. The van der Waals surface area contributed by atoms with Gasteiger partial charge in [0.25, 0.3) is 11.8 Å². The number of benzene rings is 1. The molecule has 1 amide bonds. The van der Waals surface area contributed by atoms with E-state index in [1.165, 1.54) is 24.3 Å². The molecule has 4 bridgehead atoms. The molecule has 16 heteroatoms. The fraction of sp³-hybridized carbons (Fsp3) is 0.333. The molecule has 1 aliphatic rings. The highest BCUT2D eigenvalue weighted by molar-refractivity contribution is 5.91. The summed E-state index contributed by atoms with van der Waals surface area (Å²) in [7, 11) is 0. The Morgan fingerprint density at radius 1 is 1.07 bits per heavy atom. The molecule has 3 heterocycles. The van der Waals surface area contributed by atoms with E-state index in [1.807, 2.05) is 5.32 Å². The van der Waals surface area contributed by atoms with E-state index in [0.29, 0.717) is 5.56 Å². The molecule has 0 saturated heterocycles. The third-order valence-corrected chi connectivity index (χ3v) is 5.89. The molecule has 1 atom stereocenters. The summed E-state index contributed by atoms with van der Waals surface area (Å²) in [5, 5.41) is 20.5. The van der Waals surface area contributed by atoms with E-state index in [9.17, 15) is 41.3 Å². The van der Waals surface area contributed by atoms with Crippen molar-refractivity contribution in [1.29, 1.82) is 0 Å². The average Bonchev–Trinajstić information content (AvgIpc) is 3.36. The molecule has 0 fully saturated rings. The van der Waals surface area contributed by atoms with Crippen molar-refractivity contribution in [3.8, 4) is 11.6 Å². The molecule has 0 aliphatic carbocycles. The lowest BCUT2D eigenvalue weighted by Crippen LogP contribution is -2.45. The average molecular weight is 571 g/mol. The minimum Gasteiger partial charge on any atom is -0.415 e. The number of carbonyl (C=O) groups is 1. The normalized spacial score (nSPS) is 18.5. The van der Waals surface area contributed by atoms with Crippen LogP contribution >= 0.6 is 0 Å². The van der Waals surface area contributed by atoms with E-state index in [-0.39, 0.29) is 25.3 Å². The van der Waals surface area contributed by atoms with E-state index < -0.39 is 76.4 Å². The lowest BCUT2D eigenvalue weighted by Gasteiger charge is -2.32. The second-order valence-electron chi connectivity index (χ2n) is 8.62. The zero-order valence-electron chi connectivity index (χ0n) is 20.3. The number of halogens is 6. The van der Waals surface area contributed by atoms with Crippen LogP contribution in [0.25, 0.3) is 11.6 Å². The van der Waals surface area contributed by atoms with Gasteiger partial charge in [-0.05, 0) is 24.8 Å². The molecule has 0 spiro atoms. The Kier molecular flexibility index (Phi) is 7.91. The number of pyridine rings is 1. The van der Waals surface area contributed by atoms with Gasteiger partial charge in [0.2, 0.25) is 17.2 Å². The van der Waals surface area contributed by atoms with Crippen molar-refractivity contribution in [3.05, 3.63) is 75.7 Å². The van der Waals surface area contributed by atoms with Crippen LogP contribution in [-0.2, 0) is 27.9 Å². The Bertz CT molecular complexity index is 1420. The number of anilines is 1. The maximum Gasteiger partial charge on any atom is 0.426 e. The number of hydrogen-bond acceptors (Lipinski definition) is 8. The predicted octanol–water partition coefficient (Wildman–Crippen LogP) is 6.10. The summed E-state index contributed by atoms with van der Waals surface area (Å²) in [6.45, 7) is -0.539. The monoisotopic (exact) mass is 571 g/mol. The van der Waals surface area contributed by atoms with Crippen molar-refractivity contribution in [1.82, 2.24) is 15.2 Å². The van der Waals surface area contributed by atoms with Gasteiger partial charge in [0.15, 0.2) is 0 Å². The summed E-state index contributed by atoms with van der Waals surface area (Å²) in [6.07, 6.45) is -8.97. The van der Waals surface area contributed by atoms with Crippen LogP contribution < -0.4 is 5.32 Å². The Labute approximate surface area is 221 Å². The highest BCUT2D eigenvalue weighted by atomic mass is 19.4. The molecule has 40 heavy (non-hydrogen) atoms. The highest BCUT2D eigenvalue weighted by Crippen LogP contribution is 2.47. The Hall–Kier alpha value is -4.34. The minimum atomic E-state index is -5.18. The van der Waals surface area contributed by atoms with E-state index >= 15 is 0 Å². The molecule has 10 nitrogen and oxygen atoms in total. The quantitative estimate of drug-likeness (QED) is 0.172. The van der Waals surface area contributed by atoms with Crippen LogP contribution in [0.5, 0.6) is 0 Å². The number of carbonyl (C=O) groups excluding carboxylic acids is 1. The van der Waals surface area contributed by atoms with E-state index in [1.54, 1.807) is 18.2 Å². The highest BCUT2D eigenvalue weighted by Gasteiger charge is 2.61. The third-order valence-electron chi connectivity index (χ3n) is 5.89. The summed E-state index contributed by atoms with van der Waals surface area (Å²) in [5.41, 5.74) is -6.72. The van der Waals surface area contributed by atoms with E-state index in [0.717, 1.165) is 0 Å². The second kappa shape index (κ2) is 11.0. The van der Waals surface area contributed by atoms with Gasteiger partial charge in [-0.1, -0.05) is 42.5 Å². The Morgan fingerprint density at radius 2 is 1.77 bits per heavy atom. The first-order valence-electron chi connectivity index (χ1n) is 11.6. The minimum absolute atomic E-state index is 0.0267. The number of nitro groups is 1. The maximum atomic E-state index is 14.7. The van der Waals surface area contributed by atoms with Gasteiger partial charge < -0.3 is 14.5 Å². The first-order chi connectivity index (χ1) is 18.8. The topological polar surface area (TPSA) is 133 Å². The number of nitrogens with one attached hydrogen (secondary N) is 1. The zero-order valence-corrected chi connectivity index (χ0v) is 20.3. The number of allylic oxidation sites excluding steroid dienone is 2. The molecule has 1 N–H and O–H groups in total. The van der Waals surface area contributed by atoms with Crippen molar-refractivity contribution in [3.63, 3.8) is 0 Å². The molecule has 0 saturated carbocycles. The van der Waals surface area contributed by atoms with Gasteiger partial charge in [0.1, 0.15) is 11.4 Å². The van der Waals surface area contributed by atoms with Crippen molar-refractivity contribution >= 4 is 17.4 Å². The van der Waals surface area contributed by atoms with Crippen LogP contribution in [0, 0.1) is 10.1 Å². The Balaban J connectivity index is 1.91. The molecule has 4 rings (SSSR count). The standard InChI is InChI=1S/C24H19F6N5O5/c25-23(26,27)15-12-16(35(37)38)18-20-33-34-21(40-20)22(24(28,29)30,39-13-14-8-4-3-5-9-14)11-7-2-1-6-10-17(36)31-19(15)32-18/h1-5,8-9,12H,6-7,10-11,13H2,(H,31,32,36). The smallest absolute Gasteiger partial charge is 0.415 e. The van der Waals surface area contributed by atoms with Crippen LogP contribution in [-0.4, -0.2) is 32.2 Å². The van der Waals surface area contributed by atoms with Crippen molar-refractivity contribution < 1.29 is 45.2 Å². The number of alkyl halides is 6. The second-order valence-corrected chi connectivity index (χ2v) is 8.62. The van der Waals surface area contributed by atoms with Crippen LogP contribution in [0.3, 0.4) is 0 Å². The SMILES string of the molecule is O=C1CCC=CCCC(OCc2ccccc2)(C(F)(F)F)c2nnc(o2)-c2nc(c(C(F)(F)F)cc2[N+](=O)[O-])N1. The van der Waals surface area contributed by atoms with Gasteiger partial charge in [-0.25, -0.2) is 4.98 Å². The van der Waals surface area contributed by atoms with Gasteiger partial charge in [-0.2, -0.15) is 26.3 Å². The molecule has 2 aromatic heterocycles. The van der Waals surface area contributed by atoms with Crippen molar-refractivity contribution in [2.75, 3.05) is 5.32 Å². The van der Waals surface area contributed by atoms with Crippen LogP contribution in [0.2, 0.25) is 0 Å². The predicted molar refractivity (Wildman–Crippen MR) is 124 cm³/mol. The molecular weight excluding hydrogens is 552 g/mol. The first-order valence-corrected chi connectivity index (χ1v) is 11.6. The number of ether oxygens (including phenoxy) is 1. The molecule has 1 aliphatic heterocycles. The molecule has 1 aromatic carbocycles. The van der Waals surface area contributed by atoms with Gasteiger partial charge in [-0.15, -0.1) is 10.2 Å². The largest absolute Gasteiger partial charge is 0.426 e. The summed E-state index contributed by atoms with van der Waals surface area (Å²) in [4.78, 5) is 26.3. The van der Waals surface area contributed by atoms with E-state index in [2.05, 4.69) is 15.2 Å². The number of amides is 1. The van der Waals surface area contributed by atoms with Gasteiger partial charge in [0.05, 0.1) is 11.5 Å². The number of hydrogen-bond donors (Lipinski definition) is 1. The molecule has 3 aromatic rings. The number of nitrogens with zero attached hydrogens (tertiary/aromatic N) is 4. The van der Waals surface area contributed by atoms with Gasteiger partial charge in [0, 0.05) is 12.5 Å². The van der Waals surface area contributed by atoms with Crippen LogP contribution in [0.15, 0.2) is 53.0 Å². The summed E-state index contributed by atoms with van der Waals surface area (Å²) >= 11 is 0. The van der Waals surface area contributed by atoms with Gasteiger partial charge in [-0.3, -0.25) is 14.9 Å². The molecular formula is C24H19F6N5O5. The van der Waals surface area contributed by atoms with Crippen molar-refractivity contribution in [2.24, 2.45) is 0 Å². The fourth-order valence-electron chi connectivity index (χ4n) is 3.89. The molecule has 0 radical (unpaired) electrons.